The highest BCUT2D eigenvalue weighted by molar-refractivity contribution is 5.85. The number of rotatable bonds is 3. The van der Waals surface area contributed by atoms with Gasteiger partial charge in [0.15, 0.2) is 0 Å². The van der Waals surface area contributed by atoms with Gasteiger partial charge in [0.25, 0.3) is 0 Å². The van der Waals surface area contributed by atoms with Gasteiger partial charge in [-0.25, -0.2) is 0 Å². The monoisotopic (exact) mass is 246 g/mol. The van der Waals surface area contributed by atoms with Crippen LogP contribution in [-0.4, -0.2) is 43.8 Å². The molecule has 0 atom stereocenters. The maximum atomic E-state index is 11.9. The van der Waals surface area contributed by atoms with E-state index in [1.54, 1.807) is 7.05 Å². The quantitative estimate of drug-likeness (QED) is 0.820. The molecule has 0 bridgehead atoms. The Morgan fingerprint density at radius 1 is 1.27 bits per heavy atom. The standard InChI is InChI=1S/C9H17F3N2.ClH/c1-14(7-4-9(10,11)12)8-2-5-13-6-3-8;/h8,13H,2-7H2,1H3;1H. The predicted octanol–water partition coefficient (Wildman–Crippen LogP) is 2.04. The van der Waals surface area contributed by atoms with Crippen LogP contribution in [0.15, 0.2) is 0 Å². The van der Waals surface area contributed by atoms with Crippen LogP contribution in [0.4, 0.5) is 13.2 Å². The molecular formula is C9H18ClF3N2. The van der Waals surface area contributed by atoms with Crippen LogP contribution in [0, 0.1) is 0 Å². The van der Waals surface area contributed by atoms with Crippen LogP contribution in [0.3, 0.4) is 0 Å². The van der Waals surface area contributed by atoms with Crippen molar-refractivity contribution in [2.24, 2.45) is 0 Å². The van der Waals surface area contributed by atoms with Gasteiger partial charge < -0.3 is 10.2 Å². The molecule has 1 heterocycles. The lowest BCUT2D eigenvalue weighted by Crippen LogP contribution is -2.42. The highest BCUT2D eigenvalue weighted by Gasteiger charge is 2.28. The van der Waals surface area contributed by atoms with E-state index in [1.165, 1.54) is 0 Å². The average Bonchev–Trinajstić information content (AvgIpc) is 2.14. The van der Waals surface area contributed by atoms with Crippen LogP contribution in [0.2, 0.25) is 0 Å². The van der Waals surface area contributed by atoms with Crippen LogP contribution in [-0.2, 0) is 0 Å². The van der Waals surface area contributed by atoms with Gasteiger partial charge in [-0.15, -0.1) is 12.4 Å². The molecule has 1 saturated heterocycles. The minimum atomic E-state index is -4.03. The molecule has 0 aliphatic carbocycles. The van der Waals surface area contributed by atoms with E-state index in [1.807, 2.05) is 4.90 Å². The summed E-state index contributed by atoms with van der Waals surface area (Å²) in [5.74, 6) is 0. The zero-order valence-corrected chi connectivity index (χ0v) is 9.63. The number of halogens is 4. The SMILES string of the molecule is CN(CCC(F)(F)F)C1CCNCC1.Cl. The molecule has 1 rings (SSSR count). The molecule has 0 radical (unpaired) electrons. The first-order valence-corrected chi connectivity index (χ1v) is 4.97. The van der Waals surface area contributed by atoms with E-state index in [0.717, 1.165) is 25.9 Å². The van der Waals surface area contributed by atoms with Gasteiger partial charge in [-0.05, 0) is 33.0 Å². The molecule has 1 fully saturated rings. The lowest BCUT2D eigenvalue weighted by Gasteiger charge is -2.31. The summed E-state index contributed by atoms with van der Waals surface area (Å²) in [6.07, 6.45) is -2.82. The number of hydrogen-bond acceptors (Lipinski definition) is 2. The van der Waals surface area contributed by atoms with E-state index >= 15 is 0 Å². The Morgan fingerprint density at radius 2 is 1.80 bits per heavy atom. The summed E-state index contributed by atoms with van der Waals surface area (Å²) in [5.41, 5.74) is 0. The third-order valence-electron chi connectivity index (χ3n) is 2.68. The van der Waals surface area contributed by atoms with Crippen molar-refractivity contribution in [3.05, 3.63) is 0 Å². The third kappa shape index (κ3) is 6.22. The fourth-order valence-electron chi connectivity index (χ4n) is 1.73. The van der Waals surface area contributed by atoms with Crippen molar-refractivity contribution in [1.29, 1.82) is 0 Å². The molecule has 1 aliphatic rings. The van der Waals surface area contributed by atoms with Crippen LogP contribution in [0.1, 0.15) is 19.3 Å². The second kappa shape index (κ2) is 6.55. The second-order valence-electron chi connectivity index (χ2n) is 3.83. The van der Waals surface area contributed by atoms with Gasteiger partial charge in [0.1, 0.15) is 0 Å². The lowest BCUT2D eigenvalue weighted by molar-refractivity contribution is -0.138. The molecule has 0 spiro atoms. The van der Waals surface area contributed by atoms with E-state index in [2.05, 4.69) is 5.32 Å². The molecule has 92 valence electrons. The highest BCUT2D eigenvalue weighted by Crippen LogP contribution is 2.21. The minimum Gasteiger partial charge on any atom is -0.317 e. The van der Waals surface area contributed by atoms with Crippen LogP contribution in [0.25, 0.3) is 0 Å². The molecule has 15 heavy (non-hydrogen) atoms. The summed E-state index contributed by atoms with van der Waals surface area (Å²) in [7, 11) is 1.78. The number of hydrogen-bond donors (Lipinski definition) is 1. The fourth-order valence-corrected chi connectivity index (χ4v) is 1.73. The minimum absolute atomic E-state index is 0. The molecular weight excluding hydrogens is 229 g/mol. The van der Waals surface area contributed by atoms with Gasteiger partial charge in [0, 0.05) is 12.6 Å². The van der Waals surface area contributed by atoms with Crippen molar-refractivity contribution in [3.63, 3.8) is 0 Å². The van der Waals surface area contributed by atoms with Gasteiger partial charge >= 0.3 is 6.18 Å². The smallest absolute Gasteiger partial charge is 0.317 e. The molecule has 0 aromatic heterocycles. The average molecular weight is 247 g/mol. The number of alkyl halides is 3. The van der Waals surface area contributed by atoms with Crippen molar-refractivity contribution < 1.29 is 13.2 Å². The normalized spacial score (nSPS) is 19.0. The van der Waals surface area contributed by atoms with Crippen LogP contribution in [0.5, 0.6) is 0 Å². The first kappa shape index (κ1) is 15.0. The molecule has 1 aliphatic heterocycles. The Morgan fingerprint density at radius 3 is 2.27 bits per heavy atom. The molecule has 2 nitrogen and oxygen atoms in total. The van der Waals surface area contributed by atoms with Crippen molar-refractivity contribution in [3.8, 4) is 0 Å². The summed E-state index contributed by atoms with van der Waals surface area (Å²) in [6.45, 7) is 1.95. The lowest BCUT2D eigenvalue weighted by atomic mass is 10.1. The van der Waals surface area contributed by atoms with Crippen LogP contribution < -0.4 is 5.32 Å². The third-order valence-corrected chi connectivity index (χ3v) is 2.68. The Balaban J connectivity index is 0.00000196. The van der Waals surface area contributed by atoms with Gasteiger partial charge in [-0.3, -0.25) is 0 Å². The predicted molar refractivity (Wildman–Crippen MR) is 56.4 cm³/mol. The van der Waals surface area contributed by atoms with Gasteiger partial charge in [-0.1, -0.05) is 0 Å². The molecule has 0 amide bonds. The van der Waals surface area contributed by atoms with Gasteiger partial charge in [0.05, 0.1) is 6.42 Å². The molecule has 6 heteroatoms. The molecule has 0 aromatic rings. The van der Waals surface area contributed by atoms with E-state index in [0.29, 0.717) is 6.04 Å². The molecule has 0 aromatic carbocycles. The maximum absolute atomic E-state index is 11.9. The topological polar surface area (TPSA) is 15.3 Å². The summed E-state index contributed by atoms with van der Waals surface area (Å²) >= 11 is 0. The second-order valence-corrected chi connectivity index (χ2v) is 3.83. The van der Waals surface area contributed by atoms with Crippen molar-refractivity contribution in [2.45, 2.75) is 31.5 Å². The Kier molecular flexibility index (Phi) is 6.55. The summed E-state index contributed by atoms with van der Waals surface area (Å²) in [5, 5.41) is 3.19. The van der Waals surface area contributed by atoms with E-state index in [-0.39, 0.29) is 19.0 Å². The Labute approximate surface area is 94.6 Å². The summed E-state index contributed by atoms with van der Waals surface area (Å²) in [4.78, 5) is 1.83. The molecule has 0 unspecified atom stereocenters. The van der Waals surface area contributed by atoms with Crippen molar-refractivity contribution in [2.75, 3.05) is 26.7 Å². The van der Waals surface area contributed by atoms with Crippen molar-refractivity contribution in [1.82, 2.24) is 10.2 Å². The zero-order chi connectivity index (χ0) is 10.6. The van der Waals surface area contributed by atoms with E-state index < -0.39 is 12.6 Å². The Bertz CT molecular complexity index is 169. The molecule has 0 saturated carbocycles. The zero-order valence-electron chi connectivity index (χ0n) is 8.81. The highest BCUT2D eigenvalue weighted by atomic mass is 35.5. The molecule has 1 N–H and O–H groups in total. The van der Waals surface area contributed by atoms with E-state index in [9.17, 15) is 13.2 Å². The first-order valence-electron chi connectivity index (χ1n) is 4.97. The van der Waals surface area contributed by atoms with Gasteiger partial charge in [0.2, 0.25) is 0 Å². The first-order chi connectivity index (χ1) is 6.49. The maximum Gasteiger partial charge on any atom is 0.390 e. The summed E-state index contributed by atoms with van der Waals surface area (Å²) in [6, 6.07) is 0.318. The Hall–Kier alpha value is 0. The fraction of sp³-hybridized carbons (Fsp3) is 1.00. The van der Waals surface area contributed by atoms with Gasteiger partial charge in [-0.2, -0.15) is 13.2 Å². The summed E-state index contributed by atoms with van der Waals surface area (Å²) < 4.78 is 35.8. The number of nitrogens with one attached hydrogen (secondary N) is 1. The number of piperidine rings is 1. The van der Waals surface area contributed by atoms with Crippen molar-refractivity contribution >= 4 is 12.4 Å². The largest absolute Gasteiger partial charge is 0.390 e. The number of nitrogens with zero attached hydrogens (tertiary/aromatic N) is 1. The van der Waals surface area contributed by atoms with E-state index in [4.69, 9.17) is 0 Å². The van der Waals surface area contributed by atoms with Crippen LogP contribution >= 0.6 is 12.4 Å².